The van der Waals surface area contributed by atoms with Crippen molar-refractivity contribution < 1.29 is 9.47 Å². The van der Waals surface area contributed by atoms with E-state index in [1.54, 1.807) is 32.2 Å². The highest BCUT2D eigenvalue weighted by atomic mass is 35.5. The van der Waals surface area contributed by atoms with Crippen LogP contribution in [0, 0.1) is 11.7 Å². The van der Waals surface area contributed by atoms with Crippen molar-refractivity contribution in [3.8, 4) is 11.5 Å². The number of halogens is 1. The summed E-state index contributed by atoms with van der Waals surface area (Å²) in [4.78, 5) is 12.1. The Hall–Kier alpha value is -2.97. The number of aromatic nitrogens is 3. The zero-order chi connectivity index (χ0) is 20.1. The molecule has 1 N–H and O–H groups in total. The first-order valence-corrected chi connectivity index (χ1v) is 9.04. The van der Waals surface area contributed by atoms with Crippen molar-refractivity contribution in [1.29, 1.82) is 0 Å². The second-order valence-electron chi connectivity index (χ2n) is 5.80. The lowest BCUT2D eigenvalue weighted by molar-refractivity contribution is 0.284. The molecule has 3 aromatic rings. The van der Waals surface area contributed by atoms with Gasteiger partial charge in [0.2, 0.25) is 4.77 Å². The summed E-state index contributed by atoms with van der Waals surface area (Å²) in [7, 11) is 1.55. The summed E-state index contributed by atoms with van der Waals surface area (Å²) in [5.74, 6) is 1.13. The molecule has 3 rings (SSSR count). The van der Waals surface area contributed by atoms with Crippen molar-refractivity contribution in [2.45, 2.75) is 13.5 Å². The van der Waals surface area contributed by atoms with E-state index in [0.29, 0.717) is 28.7 Å². The van der Waals surface area contributed by atoms with Crippen LogP contribution in [0.2, 0.25) is 5.02 Å². The highest BCUT2D eigenvalue weighted by Crippen LogP contribution is 2.28. The van der Waals surface area contributed by atoms with Crippen LogP contribution in [0.4, 0.5) is 0 Å². The van der Waals surface area contributed by atoms with E-state index in [9.17, 15) is 4.79 Å². The molecule has 0 saturated carbocycles. The van der Waals surface area contributed by atoms with Gasteiger partial charge in [0.05, 0.1) is 13.3 Å². The van der Waals surface area contributed by atoms with Crippen LogP contribution in [0.5, 0.6) is 11.5 Å². The van der Waals surface area contributed by atoms with Crippen LogP contribution >= 0.6 is 23.8 Å². The van der Waals surface area contributed by atoms with Gasteiger partial charge in [0.1, 0.15) is 12.3 Å². The molecule has 1 aromatic heterocycles. The first kappa shape index (κ1) is 19.8. The van der Waals surface area contributed by atoms with Crippen molar-refractivity contribution >= 4 is 30.0 Å². The highest BCUT2D eigenvalue weighted by Gasteiger charge is 2.06. The average molecular weight is 417 g/mol. The van der Waals surface area contributed by atoms with Gasteiger partial charge in [0.25, 0.3) is 5.56 Å². The second-order valence-corrected chi connectivity index (χ2v) is 6.62. The molecule has 0 fully saturated rings. The van der Waals surface area contributed by atoms with Gasteiger partial charge in [0.15, 0.2) is 11.5 Å². The zero-order valence-corrected chi connectivity index (χ0v) is 16.8. The average Bonchev–Trinajstić information content (AvgIpc) is 2.70. The third-order valence-electron chi connectivity index (χ3n) is 3.83. The summed E-state index contributed by atoms with van der Waals surface area (Å²) in [6.07, 6.45) is 1.51. The Labute approximate surface area is 171 Å². The molecule has 144 valence electrons. The summed E-state index contributed by atoms with van der Waals surface area (Å²) < 4.78 is 12.4. The molecule has 2 aromatic carbocycles. The van der Waals surface area contributed by atoms with E-state index in [0.717, 1.165) is 10.2 Å². The molecule has 28 heavy (non-hydrogen) atoms. The van der Waals surface area contributed by atoms with Gasteiger partial charge in [0, 0.05) is 5.02 Å². The van der Waals surface area contributed by atoms with Crippen molar-refractivity contribution in [3.63, 3.8) is 0 Å². The standard InChI is InChI=1S/C19H17ClN4O3S/c1-12-18(25)24(19(28)23-22-12)21-10-14-5-8-16(17(9-14)26-2)27-11-13-3-6-15(20)7-4-13/h3-10H,11H2,1-2H3,(H,23,28). The molecule has 0 aliphatic carbocycles. The maximum Gasteiger partial charge on any atom is 0.296 e. The predicted octanol–water partition coefficient (Wildman–Crippen LogP) is 3.73. The van der Waals surface area contributed by atoms with E-state index < -0.39 is 0 Å². The van der Waals surface area contributed by atoms with Gasteiger partial charge < -0.3 is 9.47 Å². The minimum Gasteiger partial charge on any atom is -0.493 e. The summed E-state index contributed by atoms with van der Waals surface area (Å²) in [5.41, 5.74) is 1.59. The number of hydrogen-bond acceptors (Lipinski definition) is 6. The third-order valence-corrected chi connectivity index (χ3v) is 4.35. The molecule has 7 nitrogen and oxygen atoms in total. The number of ether oxygens (including phenoxy) is 2. The number of aromatic amines is 1. The molecule has 0 spiro atoms. The SMILES string of the molecule is COc1cc(C=Nn2c(=S)[nH]nc(C)c2=O)ccc1OCc1ccc(Cl)cc1. The third kappa shape index (κ3) is 4.65. The van der Waals surface area contributed by atoms with Gasteiger partial charge in [-0.05, 0) is 60.6 Å². The number of hydrogen-bond donors (Lipinski definition) is 1. The Bertz CT molecular complexity index is 1120. The summed E-state index contributed by atoms with van der Waals surface area (Å²) in [6, 6.07) is 12.7. The Morgan fingerprint density at radius 2 is 2.00 bits per heavy atom. The maximum atomic E-state index is 12.1. The Morgan fingerprint density at radius 3 is 2.71 bits per heavy atom. The largest absolute Gasteiger partial charge is 0.493 e. The fourth-order valence-corrected chi connectivity index (χ4v) is 2.63. The second kappa shape index (κ2) is 8.81. The molecule has 0 atom stereocenters. The number of nitrogens with zero attached hydrogens (tertiary/aromatic N) is 3. The lowest BCUT2D eigenvalue weighted by Crippen LogP contribution is -2.22. The van der Waals surface area contributed by atoms with Crippen LogP contribution in [-0.2, 0) is 6.61 Å². The molecule has 0 bridgehead atoms. The normalized spacial score (nSPS) is 11.0. The van der Waals surface area contributed by atoms with E-state index in [1.165, 1.54) is 6.21 Å². The van der Waals surface area contributed by atoms with Crippen LogP contribution in [0.1, 0.15) is 16.8 Å². The van der Waals surface area contributed by atoms with E-state index in [2.05, 4.69) is 15.3 Å². The lowest BCUT2D eigenvalue weighted by atomic mass is 10.2. The summed E-state index contributed by atoms with van der Waals surface area (Å²) in [5, 5.41) is 11.2. The Kier molecular flexibility index (Phi) is 6.23. The fourth-order valence-electron chi connectivity index (χ4n) is 2.33. The van der Waals surface area contributed by atoms with Crippen LogP contribution < -0.4 is 15.0 Å². The van der Waals surface area contributed by atoms with Gasteiger partial charge in [-0.15, -0.1) is 0 Å². The highest BCUT2D eigenvalue weighted by molar-refractivity contribution is 7.71. The van der Waals surface area contributed by atoms with Crippen LogP contribution in [0.15, 0.2) is 52.4 Å². The van der Waals surface area contributed by atoms with E-state index in [1.807, 2.05) is 24.3 Å². The quantitative estimate of drug-likeness (QED) is 0.489. The topological polar surface area (TPSA) is 81.5 Å². The van der Waals surface area contributed by atoms with Gasteiger partial charge >= 0.3 is 0 Å². The minimum atomic E-state index is -0.380. The van der Waals surface area contributed by atoms with Gasteiger partial charge in [-0.3, -0.25) is 9.89 Å². The molecule has 1 heterocycles. The van der Waals surface area contributed by atoms with Crippen molar-refractivity contribution in [2.24, 2.45) is 5.10 Å². The smallest absolute Gasteiger partial charge is 0.296 e. The van der Waals surface area contributed by atoms with E-state index in [4.69, 9.17) is 33.3 Å². The van der Waals surface area contributed by atoms with Crippen molar-refractivity contribution in [2.75, 3.05) is 7.11 Å². The van der Waals surface area contributed by atoms with Crippen LogP contribution in [0.3, 0.4) is 0 Å². The number of aryl methyl sites for hydroxylation is 1. The molecule has 0 aliphatic heterocycles. The lowest BCUT2D eigenvalue weighted by Gasteiger charge is -2.11. The van der Waals surface area contributed by atoms with Crippen LogP contribution in [-0.4, -0.2) is 28.2 Å². The van der Waals surface area contributed by atoms with Gasteiger partial charge in [-0.1, -0.05) is 23.7 Å². The van der Waals surface area contributed by atoms with Crippen LogP contribution in [0.25, 0.3) is 0 Å². The molecule has 0 aliphatic rings. The maximum absolute atomic E-state index is 12.1. The summed E-state index contributed by atoms with van der Waals surface area (Å²) in [6.45, 7) is 1.96. The molecule has 0 radical (unpaired) electrons. The molecule has 0 saturated heterocycles. The minimum absolute atomic E-state index is 0.113. The summed E-state index contributed by atoms with van der Waals surface area (Å²) >= 11 is 10.9. The number of nitrogens with one attached hydrogen (secondary N) is 1. The number of H-pyrrole nitrogens is 1. The van der Waals surface area contributed by atoms with Gasteiger partial charge in [-0.2, -0.15) is 14.9 Å². The van der Waals surface area contributed by atoms with E-state index in [-0.39, 0.29) is 16.0 Å². The molecular weight excluding hydrogens is 400 g/mol. The zero-order valence-electron chi connectivity index (χ0n) is 15.2. The predicted molar refractivity (Wildman–Crippen MR) is 110 cm³/mol. The molecule has 9 heteroatoms. The first-order chi connectivity index (χ1) is 13.5. The fraction of sp³-hybridized carbons (Fsp3) is 0.158. The molecule has 0 amide bonds. The monoisotopic (exact) mass is 416 g/mol. The Balaban J connectivity index is 1.79. The van der Waals surface area contributed by atoms with Crippen molar-refractivity contribution in [1.82, 2.24) is 14.9 Å². The molecule has 0 unspecified atom stereocenters. The van der Waals surface area contributed by atoms with Gasteiger partial charge in [-0.25, -0.2) is 0 Å². The molecular formula is C19H17ClN4O3S. The number of rotatable bonds is 6. The Morgan fingerprint density at radius 1 is 1.25 bits per heavy atom. The number of benzene rings is 2. The first-order valence-electron chi connectivity index (χ1n) is 8.26. The van der Waals surface area contributed by atoms with Crippen molar-refractivity contribution in [3.05, 3.63) is 79.4 Å². The van der Waals surface area contributed by atoms with E-state index >= 15 is 0 Å². The number of methoxy groups -OCH3 is 1.